The van der Waals surface area contributed by atoms with Gasteiger partial charge in [0.1, 0.15) is 11.5 Å². The minimum Gasteiger partial charge on any atom is -0.463 e. The molecule has 0 bridgehead atoms. The third-order valence-electron chi connectivity index (χ3n) is 7.02. The van der Waals surface area contributed by atoms with Crippen LogP contribution in [0.3, 0.4) is 0 Å². The van der Waals surface area contributed by atoms with Crippen molar-refractivity contribution in [2.45, 2.75) is 32.7 Å². The maximum absolute atomic E-state index is 13.4. The molecule has 2 aliphatic rings. The first-order chi connectivity index (χ1) is 19.4. The Labute approximate surface area is 235 Å². The van der Waals surface area contributed by atoms with Crippen LogP contribution in [0, 0.1) is 0 Å². The largest absolute Gasteiger partial charge is 0.463 e. The van der Waals surface area contributed by atoms with E-state index in [0.29, 0.717) is 61.1 Å². The number of benzene rings is 2. The van der Waals surface area contributed by atoms with Crippen molar-refractivity contribution < 1.29 is 23.9 Å². The summed E-state index contributed by atoms with van der Waals surface area (Å²) >= 11 is 0. The normalized spacial score (nSPS) is 18.2. The van der Waals surface area contributed by atoms with Crippen LogP contribution in [0.25, 0.3) is 0 Å². The van der Waals surface area contributed by atoms with Gasteiger partial charge >= 0.3 is 18.0 Å². The van der Waals surface area contributed by atoms with Crippen LogP contribution in [-0.4, -0.2) is 85.7 Å². The lowest BCUT2D eigenvalue weighted by molar-refractivity contribution is -0.139. The number of carbonyl (C=O) groups is 3. The standard InChI is InChI=1S/C30H39N5O5/c1-4-15-31-29(37)35-17-10-16-34(18-19-35)21-25-26(28(36)39-5-2)27(32-30(38)33(25)3)22-11-9-14-24(20-22)40-23-12-7-6-8-13-23/h6-9,11-14,20,27H,4-5,10,15-19,21H2,1-3H3,(H,31,37)(H,32,38)/t27-/m0/s1. The van der Waals surface area contributed by atoms with E-state index in [9.17, 15) is 14.4 Å². The first-order valence-electron chi connectivity index (χ1n) is 13.9. The van der Waals surface area contributed by atoms with E-state index in [-0.39, 0.29) is 18.7 Å². The topological polar surface area (TPSA) is 103 Å². The number of carbonyl (C=O) groups excluding carboxylic acids is 3. The van der Waals surface area contributed by atoms with Crippen molar-refractivity contribution in [3.63, 3.8) is 0 Å². The Morgan fingerprint density at radius 3 is 2.52 bits per heavy atom. The van der Waals surface area contributed by atoms with Crippen molar-refractivity contribution in [3.05, 3.63) is 71.4 Å². The Hall–Kier alpha value is -4.05. The smallest absolute Gasteiger partial charge is 0.338 e. The number of para-hydroxylation sites is 1. The fourth-order valence-electron chi connectivity index (χ4n) is 4.92. The molecule has 2 aliphatic heterocycles. The lowest BCUT2D eigenvalue weighted by Crippen LogP contribution is -2.49. The monoisotopic (exact) mass is 549 g/mol. The second-order valence-corrected chi connectivity index (χ2v) is 9.86. The molecule has 40 heavy (non-hydrogen) atoms. The average molecular weight is 550 g/mol. The molecule has 2 aromatic carbocycles. The predicted octanol–water partition coefficient (Wildman–Crippen LogP) is 4.12. The van der Waals surface area contributed by atoms with E-state index in [2.05, 4.69) is 15.5 Å². The molecule has 2 N–H and O–H groups in total. The van der Waals surface area contributed by atoms with Gasteiger partial charge in [-0.3, -0.25) is 9.80 Å². The minimum absolute atomic E-state index is 0.0537. The van der Waals surface area contributed by atoms with E-state index < -0.39 is 12.0 Å². The highest BCUT2D eigenvalue weighted by molar-refractivity contribution is 5.95. The summed E-state index contributed by atoms with van der Waals surface area (Å²) in [6, 6.07) is 15.7. The molecule has 2 heterocycles. The van der Waals surface area contributed by atoms with Crippen LogP contribution < -0.4 is 15.4 Å². The van der Waals surface area contributed by atoms with Crippen LogP contribution in [0.15, 0.2) is 65.9 Å². The minimum atomic E-state index is -0.708. The Morgan fingerprint density at radius 1 is 1.00 bits per heavy atom. The van der Waals surface area contributed by atoms with Gasteiger partial charge in [0, 0.05) is 52.0 Å². The summed E-state index contributed by atoms with van der Waals surface area (Å²) in [5, 5.41) is 5.92. The summed E-state index contributed by atoms with van der Waals surface area (Å²) in [5.41, 5.74) is 1.69. The summed E-state index contributed by atoms with van der Waals surface area (Å²) in [4.78, 5) is 44.6. The van der Waals surface area contributed by atoms with E-state index in [1.54, 1.807) is 14.0 Å². The average Bonchev–Trinajstić information content (AvgIpc) is 3.20. The molecule has 214 valence electrons. The Morgan fingerprint density at radius 2 is 1.77 bits per heavy atom. The van der Waals surface area contributed by atoms with E-state index in [0.717, 1.165) is 19.4 Å². The number of esters is 1. The molecule has 0 saturated carbocycles. The van der Waals surface area contributed by atoms with Crippen molar-refractivity contribution >= 4 is 18.0 Å². The van der Waals surface area contributed by atoms with Gasteiger partial charge in [0.2, 0.25) is 0 Å². The Bertz CT molecular complexity index is 1220. The van der Waals surface area contributed by atoms with E-state index in [4.69, 9.17) is 9.47 Å². The zero-order valence-corrected chi connectivity index (χ0v) is 23.5. The fourth-order valence-corrected chi connectivity index (χ4v) is 4.92. The number of nitrogens with zero attached hydrogens (tertiary/aromatic N) is 3. The van der Waals surface area contributed by atoms with E-state index >= 15 is 0 Å². The van der Waals surface area contributed by atoms with Crippen molar-refractivity contribution in [2.75, 3.05) is 52.9 Å². The van der Waals surface area contributed by atoms with Crippen LogP contribution in [0.1, 0.15) is 38.3 Å². The van der Waals surface area contributed by atoms with Crippen molar-refractivity contribution in [2.24, 2.45) is 0 Å². The van der Waals surface area contributed by atoms with Gasteiger partial charge in [-0.2, -0.15) is 0 Å². The molecule has 10 heteroatoms. The molecule has 10 nitrogen and oxygen atoms in total. The van der Waals surface area contributed by atoms with Gasteiger partial charge in [0.25, 0.3) is 0 Å². The number of ether oxygens (including phenoxy) is 2. The zero-order valence-electron chi connectivity index (χ0n) is 23.5. The molecule has 4 rings (SSSR count). The Kier molecular flexibility index (Phi) is 10.0. The van der Waals surface area contributed by atoms with E-state index in [1.165, 1.54) is 4.90 Å². The van der Waals surface area contributed by atoms with Crippen molar-refractivity contribution in [1.82, 2.24) is 25.3 Å². The highest BCUT2D eigenvalue weighted by Crippen LogP contribution is 2.34. The van der Waals surface area contributed by atoms with Crippen LogP contribution >= 0.6 is 0 Å². The highest BCUT2D eigenvalue weighted by atomic mass is 16.5. The van der Waals surface area contributed by atoms with Crippen LogP contribution in [0.4, 0.5) is 9.59 Å². The molecule has 0 unspecified atom stereocenters. The fraction of sp³-hybridized carbons (Fsp3) is 0.433. The molecular formula is C30H39N5O5. The van der Waals surface area contributed by atoms with Gasteiger partial charge in [-0.25, -0.2) is 14.4 Å². The van der Waals surface area contributed by atoms with Crippen molar-refractivity contribution in [3.8, 4) is 11.5 Å². The first-order valence-corrected chi connectivity index (χ1v) is 13.9. The second kappa shape index (κ2) is 13.8. The number of urea groups is 2. The summed E-state index contributed by atoms with van der Waals surface area (Å²) < 4.78 is 11.5. The molecule has 0 aromatic heterocycles. The highest BCUT2D eigenvalue weighted by Gasteiger charge is 2.37. The molecule has 1 atom stereocenters. The van der Waals surface area contributed by atoms with Gasteiger partial charge in [-0.05, 0) is 49.6 Å². The molecule has 0 aliphatic carbocycles. The second-order valence-electron chi connectivity index (χ2n) is 9.86. The Balaban J connectivity index is 1.61. The third-order valence-corrected chi connectivity index (χ3v) is 7.02. The maximum atomic E-state index is 13.4. The molecule has 0 spiro atoms. The molecular weight excluding hydrogens is 510 g/mol. The van der Waals surface area contributed by atoms with Gasteiger partial charge in [-0.15, -0.1) is 0 Å². The lowest BCUT2D eigenvalue weighted by atomic mass is 9.94. The lowest BCUT2D eigenvalue weighted by Gasteiger charge is -2.36. The van der Waals surface area contributed by atoms with Gasteiger partial charge in [0.15, 0.2) is 0 Å². The molecule has 0 radical (unpaired) electrons. The summed E-state index contributed by atoms with van der Waals surface area (Å²) in [7, 11) is 1.66. The quantitative estimate of drug-likeness (QED) is 0.456. The van der Waals surface area contributed by atoms with Gasteiger partial charge in [-0.1, -0.05) is 37.3 Å². The number of nitrogens with one attached hydrogen (secondary N) is 2. The molecule has 2 aromatic rings. The van der Waals surface area contributed by atoms with E-state index in [1.807, 2.05) is 66.4 Å². The summed E-state index contributed by atoms with van der Waals surface area (Å²) in [6.07, 6.45) is 1.67. The predicted molar refractivity (Wildman–Crippen MR) is 152 cm³/mol. The number of amides is 4. The maximum Gasteiger partial charge on any atom is 0.338 e. The first kappa shape index (κ1) is 28.9. The summed E-state index contributed by atoms with van der Waals surface area (Å²) in [6.45, 7) is 7.60. The number of likely N-dealkylation sites (N-methyl/N-ethyl adjacent to an activating group) is 1. The van der Waals surface area contributed by atoms with Crippen LogP contribution in [0.5, 0.6) is 11.5 Å². The molecule has 1 saturated heterocycles. The number of hydrogen-bond donors (Lipinski definition) is 2. The van der Waals surface area contributed by atoms with Crippen molar-refractivity contribution in [1.29, 1.82) is 0 Å². The number of rotatable bonds is 9. The van der Waals surface area contributed by atoms with Gasteiger partial charge in [0.05, 0.1) is 18.2 Å². The zero-order chi connectivity index (χ0) is 28.5. The van der Waals surface area contributed by atoms with Crippen LogP contribution in [-0.2, 0) is 9.53 Å². The van der Waals surface area contributed by atoms with Crippen LogP contribution in [0.2, 0.25) is 0 Å². The summed E-state index contributed by atoms with van der Waals surface area (Å²) in [5.74, 6) is 0.808. The molecule has 4 amide bonds. The third kappa shape index (κ3) is 7.12. The SMILES string of the molecule is CCCNC(=O)N1CCCN(CC2=C(C(=O)OCC)[C@H](c3cccc(Oc4ccccc4)c3)NC(=O)N2C)CC1. The molecule has 1 fully saturated rings. The number of hydrogen-bond acceptors (Lipinski definition) is 6. The van der Waals surface area contributed by atoms with Gasteiger partial charge < -0.3 is 25.0 Å².